The van der Waals surface area contributed by atoms with Gasteiger partial charge in [-0.25, -0.2) is 0 Å². The van der Waals surface area contributed by atoms with E-state index >= 15 is 0 Å². The van der Waals surface area contributed by atoms with Gasteiger partial charge in [-0.05, 0) is 0 Å². The summed E-state index contributed by atoms with van der Waals surface area (Å²) in [7, 11) is 0. The molecular formula is C14H16CoF3. The normalized spacial score (nSPS) is 21.2. The predicted molar refractivity (Wildman–Crippen MR) is 63.6 cm³/mol. The summed E-state index contributed by atoms with van der Waals surface area (Å²) in [6.45, 7) is 0. The molecule has 0 N–H and O–H groups in total. The van der Waals surface area contributed by atoms with Gasteiger partial charge in [0.15, 0.2) is 0 Å². The zero-order chi connectivity index (χ0) is 13.0. The topological polar surface area (TPSA) is 0 Å². The van der Waals surface area contributed by atoms with E-state index in [1.54, 1.807) is 30.4 Å². The van der Waals surface area contributed by atoms with E-state index in [1.165, 1.54) is 0 Å². The molecule has 0 aromatic rings. The van der Waals surface area contributed by atoms with E-state index in [9.17, 15) is 13.2 Å². The van der Waals surface area contributed by atoms with Crippen LogP contribution in [0.2, 0.25) is 0 Å². The van der Waals surface area contributed by atoms with Crippen LogP contribution in [0.5, 0.6) is 0 Å². The van der Waals surface area contributed by atoms with Gasteiger partial charge in [0.05, 0.1) is 0 Å². The van der Waals surface area contributed by atoms with Gasteiger partial charge < -0.3 is 0 Å². The molecule has 0 bridgehead atoms. The van der Waals surface area contributed by atoms with Gasteiger partial charge in [-0.2, -0.15) is 0 Å². The molecule has 2 rings (SSSR count). The second-order valence-electron chi connectivity index (χ2n) is 4.13. The third-order valence-corrected chi connectivity index (χ3v) is 5.50. The summed E-state index contributed by atoms with van der Waals surface area (Å²) in [4.78, 5) is 0. The van der Waals surface area contributed by atoms with Crippen molar-refractivity contribution in [2.45, 2.75) is 37.2 Å². The first-order valence-corrected chi connectivity index (χ1v) is 7.56. The summed E-state index contributed by atoms with van der Waals surface area (Å²) in [5, 5.41) is -4.12. The van der Waals surface area contributed by atoms with Crippen LogP contribution in [-0.4, -0.2) is 5.11 Å². The van der Waals surface area contributed by atoms with E-state index in [0.29, 0.717) is 21.9 Å². The average Bonchev–Trinajstić information content (AvgIpc) is 2.72. The van der Waals surface area contributed by atoms with Gasteiger partial charge in [-0.3, -0.25) is 0 Å². The van der Waals surface area contributed by atoms with E-state index in [2.05, 4.69) is 0 Å². The van der Waals surface area contributed by atoms with Crippen molar-refractivity contribution in [2.75, 3.05) is 0 Å². The van der Waals surface area contributed by atoms with Crippen molar-refractivity contribution >= 4 is 0 Å². The molecule has 0 unspecified atom stereocenters. The van der Waals surface area contributed by atoms with Crippen molar-refractivity contribution < 1.29 is 26.8 Å². The molecule has 4 heteroatoms. The summed E-state index contributed by atoms with van der Waals surface area (Å²) in [6, 6.07) is 0. The van der Waals surface area contributed by atoms with Crippen molar-refractivity contribution in [3.63, 3.8) is 0 Å². The van der Waals surface area contributed by atoms with Crippen molar-refractivity contribution in [1.29, 1.82) is 0 Å². The Morgan fingerprint density at radius 2 is 1.67 bits per heavy atom. The molecule has 18 heavy (non-hydrogen) atoms. The monoisotopic (exact) mass is 300 g/mol. The van der Waals surface area contributed by atoms with Gasteiger partial charge in [0, 0.05) is 0 Å². The number of allylic oxidation sites excluding steroid dienone is 8. The fourth-order valence-electron chi connectivity index (χ4n) is 1.95. The molecule has 2 aliphatic carbocycles. The van der Waals surface area contributed by atoms with Crippen LogP contribution in [0.4, 0.5) is 13.2 Å². The summed E-state index contributed by atoms with van der Waals surface area (Å²) in [5.74, 6) is 0. The second-order valence-corrected chi connectivity index (χ2v) is 6.84. The van der Waals surface area contributed by atoms with E-state index in [-0.39, 0.29) is 0 Å². The van der Waals surface area contributed by atoms with E-state index < -0.39 is 18.8 Å². The van der Waals surface area contributed by atoms with E-state index in [4.69, 9.17) is 0 Å². The molecule has 0 nitrogen and oxygen atoms in total. The molecule has 0 aromatic heterocycles. The third-order valence-electron chi connectivity index (χ3n) is 2.76. The predicted octanol–water partition coefficient (Wildman–Crippen LogP) is 4.98. The number of hydrogen-bond acceptors (Lipinski definition) is 0. The maximum absolute atomic E-state index is 13.3. The molecule has 0 aliphatic heterocycles. The van der Waals surface area contributed by atoms with Gasteiger partial charge in [-0.1, -0.05) is 0 Å². The fraction of sp³-hybridized carbons (Fsp3) is 0.429. The summed E-state index contributed by atoms with van der Waals surface area (Å²) >= 11 is -2.11. The van der Waals surface area contributed by atoms with Gasteiger partial charge in [0.25, 0.3) is 0 Å². The first kappa shape index (κ1) is 13.7. The molecular weight excluding hydrogens is 284 g/mol. The van der Waals surface area contributed by atoms with Crippen LogP contribution in [-0.2, 0) is 13.7 Å². The Hall–Kier alpha value is -0.744. The number of halogens is 3. The zero-order valence-electron chi connectivity index (χ0n) is 9.97. The third kappa shape index (κ3) is 3.39. The van der Waals surface area contributed by atoms with Gasteiger partial charge in [0.1, 0.15) is 0 Å². The van der Waals surface area contributed by atoms with Crippen LogP contribution >= 0.6 is 0 Å². The molecule has 0 fully saturated rings. The van der Waals surface area contributed by atoms with Crippen LogP contribution < -0.4 is 0 Å². The molecule has 0 amide bonds. The first-order chi connectivity index (χ1) is 8.59. The van der Waals surface area contributed by atoms with Crippen molar-refractivity contribution in [3.8, 4) is 0 Å². The van der Waals surface area contributed by atoms with Gasteiger partial charge in [0.2, 0.25) is 0 Å². The second kappa shape index (κ2) is 5.93. The van der Waals surface area contributed by atoms with Crippen LogP contribution in [0.15, 0.2) is 45.5 Å². The Labute approximate surface area is 110 Å². The number of alkyl halides is 3. The molecule has 0 aromatic carbocycles. The Kier molecular flexibility index (Phi) is 4.51. The summed E-state index contributed by atoms with van der Waals surface area (Å²) in [6.07, 6.45) is 14.4. The van der Waals surface area contributed by atoms with Crippen LogP contribution in [0.25, 0.3) is 0 Å². The minimum absolute atomic E-state index is 0.450. The Morgan fingerprint density at radius 3 is 2.33 bits per heavy atom. The first-order valence-electron chi connectivity index (χ1n) is 6.00. The Morgan fingerprint density at radius 1 is 0.944 bits per heavy atom. The van der Waals surface area contributed by atoms with Crippen molar-refractivity contribution in [3.05, 3.63) is 45.5 Å². The molecule has 0 saturated carbocycles. The molecule has 102 valence electrons. The van der Waals surface area contributed by atoms with E-state index in [0.717, 1.165) is 19.3 Å². The number of hydrogen-bond donors (Lipinski definition) is 0. The molecule has 0 saturated heterocycles. The van der Waals surface area contributed by atoms with Crippen LogP contribution in [0.1, 0.15) is 32.1 Å². The molecule has 2 aliphatic rings. The fourth-order valence-corrected chi connectivity index (χ4v) is 4.46. The SMILES string of the molecule is F[C](F)(F)[Co]([C]1=CC=CC1)[C]1=CC=CCCCC1. The maximum atomic E-state index is 13.3. The van der Waals surface area contributed by atoms with Crippen molar-refractivity contribution in [2.24, 2.45) is 0 Å². The van der Waals surface area contributed by atoms with Crippen LogP contribution in [0.3, 0.4) is 0 Å². The standard InChI is InChI=1S/C8H11.C5H5.CF3.Co/c1-2-4-6-8-7-5-3-1;1-2-4-5-3-1;2-1(3)4;/h1-3H,4,6-8H2;1-3H,4H2;;. The van der Waals surface area contributed by atoms with Crippen LogP contribution in [0, 0.1) is 0 Å². The van der Waals surface area contributed by atoms with E-state index in [1.807, 2.05) is 6.08 Å². The van der Waals surface area contributed by atoms with Gasteiger partial charge in [-0.15, -0.1) is 0 Å². The summed E-state index contributed by atoms with van der Waals surface area (Å²) in [5.41, 5.74) is 0. The zero-order valence-corrected chi connectivity index (χ0v) is 11.0. The summed E-state index contributed by atoms with van der Waals surface area (Å²) < 4.78 is 41.0. The van der Waals surface area contributed by atoms with Crippen molar-refractivity contribution in [1.82, 2.24) is 0 Å². The number of rotatable bonds is 2. The molecule has 0 atom stereocenters. The Bertz CT molecular complexity index is 413. The minimum atomic E-state index is -4.12. The Balaban J connectivity index is 2.27. The quantitative estimate of drug-likeness (QED) is 0.674. The average molecular weight is 300 g/mol. The molecule has 0 radical (unpaired) electrons. The molecule has 0 spiro atoms. The van der Waals surface area contributed by atoms with Gasteiger partial charge >= 0.3 is 110 Å². The molecule has 0 heterocycles.